The summed E-state index contributed by atoms with van der Waals surface area (Å²) in [5.74, 6) is 1.61. The highest BCUT2D eigenvalue weighted by Crippen LogP contribution is 2.18. The lowest BCUT2D eigenvalue weighted by atomic mass is 9.99. The molecule has 0 N–H and O–H groups in total. The van der Waals surface area contributed by atoms with E-state index in [1.807, 2.05) is 0 Å². The monoisotopic (exact) mass is 821 g/mol. The smallest absolute Gasteiger partial charge is 0.306 e. The van der Waals surface area contributed by atoms with E-state index in [0.29, 0.717) is 19.3 Å². The number of carbonyl (C=O) groups excluding carboxylic acids is 3. The summed E-state index contributed by atoms with van der Waals surface area (Å²) in [7, 11) is 0. The summed E-state index contributed by atoms with van der Waals surface area (Å²) in [5.41, 5.74) is 0. The fourth-order valence-corrected chi connectivity index (χ4v) is 7.73. The van der Waals surface area contributed by atoms with Crippen molar-refractivity contribution in [1.82, 2.24) is 0 Å². The highest BCUT2D eigenvalue weighted by Gasteiger charge is 2.19. The van der Waals surface area contributed by atoms with E-state index in [4.69, 9.17) is 14.2 Å². The van der Waals surface area contributed by atoms with Crippen LogP contribution in [0.1, 0.15) is 279 Å². The van der Waals surface area contributed by atoms with E-state index in [1.54, 1.807) is 0 Å². The van der Waals surface area contributed by atoms with Crippen molar-refractivity contribution >= 4 is 17.9 Å². The van der Waals surface area contributed by atoms with Crippen LogP contribution in [0, 0.1) is 17.8 Å². The van der Waals surface area contributed by atoms with Gasteiger partial charge in [0.15, 0.2) is 6.10 Å². The number of hydrogen-bond acceptors (Lipinski definition) is 6. The Balaban J connectivity index is 4.25. The maximum atomic E-state index is 12.7. The number of unbranched alkanes of at least 4 members (excludes halogenated alkanes) is 27. The van der Waals surface area contributed by atoms with Crippen molar-refractivity contribution in [1.29, 1.82) is 0 Å². The van der Waals surface area contributed by atoms with Crippen molar-refractivity contribution in [2.24, 2.45) is 17.8 Å². The fourth-order valence-electron chi connectivity index (χ4n) is 7.73. The van der Waals surface area contributed by atoms with Crippen LogP contribution in [0.25, 0.3) is 0 Å². The molecule has 0 saturated carbocycles. The van der Waals surface area contributed by atoms with E-state index in [-0.39, 0.29) is 31.1 Å². The van der Waals surface area contributed by atoms with Gasteiger partial charge in [-0.3, -0.25) is 14.4 Å². The molecule has 0 aromatic carbocycles. The fraction of sp³-hybridized carbons (Fsp3) is 0.942. The molecule has 0 bridgehead atoms. The van der Waals surface area contributed by atoms with E-state index >= 15 is 0 Å². The van der Waals surface area contributed by atoms with Gasteiger partial charge in [0.2, 0.25) is 0 Å². The van der Waals surface area contributed by atoms with Crippen LogP contribution in [-0.4, -0.2) is 37.2 Å². The van der Waals surface area contributed by atoms with E-state index in [9.17, 15) is 14.4 Å². The summed E-state index contributed by atoms with van der Waals surface area (Å²) in [5, 5.41) is 0. The van der Waals surface area contributed by atoms with Crippen LogP contribution in [0.15, 0.2) is 0 Å². The Kier molecular flexibility index (Phi) is 42.3. The Labute approximate surface area is 361 Å². The van der Waals surface area contributed by atoms with Gasteiger partial charge in [-0.2, -0.15) is 0 Å². The minimum atomic E-state index is -0.763. The zero-order valence-corrected chi connectivity index (χ0v) is 39.8. The maximum Gasteiger partial charge on any atom is 0.306 e. The quantitative estimate of drug-likeness (QED) is 0.0346. The molecule has 0 aromatic heterocycles. The molecule has 0 saturated heterocycles. The highest BCUT2D eigenvalue weighted by molar-refractivity contribution is 5.71. The van der Waals surface area contributed by atoms with Crippen LogP contribution >= 0.6 is 0 Å². The molecule has 6 nitrogen and oxygen atoms in total. The lowest BCUT2D eigenvalue weighted by molar-refractivity contribution is -0.167. The standard InChI is InChI=1S/C52H100O6/c1-7-48(6)40-34-28-21-17-14-15-19-23-30-36-42-51(54)57-45-49(58-52(55)43-37-31-25-24-27-33-39-47(4)5)44-56-50(53)41-35-29-22-18-13-11-9-8-10-12-16-20-26-32-38-46(2)3/h46-49H,7-45H2,1-6H3/t48?,49-/m0/s1. The largest absolute Gasteiger partial charge is 0.462 e. The number of esters is 3. The summed E-state index contributed by atoms with van der Waals surface area (Å²) in [6, 6.07) is 0. The molecule has 0 rings (SSSR count). The second-order valence-electron chi connectivity index (χ2n) is 19.0. The molecule has 2 atom stereocenters. The van der Waals surface area contributed by atoms with Gasteiger partial charge < -0.3 is 14.2 Å². The van der Waals surface area contributed by atoms with Crippen molar-refractivity contribution in [2.75, 3.05) is 13.2 Å². The SMILES string of the molecule is CCC(C)CCCCCCCCCCCCC(=O)OC[C@H](COC(=O)CCCCCCCCCCCCCCCCC(C)C)OC(=O)CCCCCCCCC(C)C. The Bertz CT molecular complexity index is 900. The molecule has 0 aliphatic carbocycles. The van der Waals surface area contributed by atoms with Gasteiger partial charge in [-0.1, -0.05) is 241 Å². The Morgan fingerprint density at radius 1 is 0.345 bits per heavy atom. The highest BCUT2D eigenvalue weighted by atomic mass is 16.6. The number of ether oxygens (including phenoxy) is 3. The van der Waals surface area contributed by atoms with Gasteiger partial charge in [-0.05, 0) is 37.0 Å². The molecular weight excluding hydrogens is 721 g/mol. The first kappa shape index (κ1) is 56.4. The van der Waals surface area contributed by atoms with Gasteiger partial charge in [0.25, 0.3) is 0 Å². The molecule has 344 valence electrons. The molecule has 0 radical (unpaired) electrons. The first-order valence-electron chi connectivity index (χ1n) is 25.6. The molecular formula is C52H100O6. The normalized spacial score (nSPS) is 12.6. The van der Waals surface area contributed by atoms with Crippen LogP contribution in [0.3, 0.4) is 0 Å². The average molecular weight is 821 g/mol. The average Bonchev–Trinajstić information content (AvgIpc) is 3.19. The van der Waals surface area contributed by atoms with E-state index < -0.39 is 6.10 Å². The van der Waals surface area contributed by atoms with E-state index in [0.717, 1.165) is 75.5 Å². The first-order valence-corrected chi connectivity index (χ1v) is 25.6. The van der Waals surface area contributed by atoms with Gasteiger partial charge in [-0.15, -0.1) is 0 Å². The van der Waals surface area contributed by atoms with E-state index in [1.165, 1.54) is 161 Å². The molecule has 0 aromatic rings. The van der Waals surface area contributed by atoms with Gasteiger partial charge in [0, 0.05) is 19.3 Å². The predicted molar refractivity (Wildman–Crippen MR) is 247 cm³/mol. The summed E-state index contributed by atoms with van der Waals surface area (Å²) in [4.78, 5) is 37.9. The molecule has 0 heterocycles. The van der Waals surface area contributed by atoms with Gasteiger partial charge in [-0.25, -0.2) is 0 Å². The van der Waals surface area contributed by atoms with Gasteiger partial charge in [0.1, 0.15) is 13.2 Å². The third-order valence-corrected chi connectivity index (χ3v) is 12.0. The second kappa shape index (κ2) is 43.5. The van der Waals surface area contributed by atoms with Crippen molar-refractivity contribution in [3.05, 3.63) is 0 Å². The summed E-state index contributed by atoms with van der Waals surface area (Å²) in [6.07, 6.45) is 42.4. The number of rotatable bonds is 45. The van der Waals surface area contributed by atoms with Crippen LogP contribution < -0.4 is 0 Å². The Morgan fingerprint density at radius 2 is 0.603 bits per heavy atom. The van der Waals surface area contributed by atoms with Crippen molar-refractivity contribution < 1.29 is 28.6 Å². The molecule has 0 aliphatic rings. The Morgan fingerprint density at radius 3 is 0.897 bits per heavy atom. The maximum absolute atomic E-state index is 12.7. The molecule has 0 aliphatic heterocycles. The van der Waals surface area contributed by atoms with Gasteiger partial charge >= 0.3 is 17.9 Å². The Hall–Kier alpha value is -1.59. The molecule has 0 spiro atoms. The zero-order valence-electron chi connectivity index (χ0n) is 39.8. The van der Waals surface area contributed by atoms with Crippen LogP contribution in [-0.2, 0) is 28.6 Å². The lowest BCUT2D eigenvalue weighted by Gasteiger charge is -2.18. The topological polar surface area (TPSA) is 78.9 Å². The minimum Gasteiger partial charge on any atom is -0.462 e. The van der Waals surface area contributed by atoms with Crippen LogP contribution in [0.4, 0.5) is 0 Å². The third-order valence-electron chi connectivity index (χ3n) is 12.0. The summed E-state index contributed by atoms with van der Waals surface area (Å²) in [6.45, 7) is 13.7. The third kappa shape index (κ3) is 44.0. The number of carbonyl (C=O) groups is 3. The molecule has 6 heteroatoms. The molecule has 1 unspecified atom stereocenters. The predicted octanol–water partition coefficient (Wildman–Crippen LogP) is 16.4. The van der Waals surface area contributed by atoms with Crippen molar-refractivity contribution in [2.45, 2.75) is 285 Å². The molecule has 0 amide bonds. The summed E-state index contributed by atoms with van der Waals surface area (Å²) >= 11 is 0. The van der Waals surface area contributed by atoms with E-state index in [2.05, 4.69) is 41.5 Å². The molecule has 0 fully saturated rings. The molecule has 58 heavy (non-hydrogen) atoms. The minimum absolute atomic E-state index is 0.0658. The lowest BCUT2D eigenvalue weighted by Crippen LogP contribution is -2.30. The zero-order chi connectivity index (χ0) is 42.7. The van der Waals surface area contributed by atoms with Gasteiger partial charge in [0.05, 0.1) is 0 Å². The van der Waals surface area contributed by atoms with Crippen LogP contribution in [0.2, 0.25) is 0 Å². The van der Waals surface area contributed by atoms with Crippen molar-refractivity contribution in [3.8, 4) is 0 Å². The summed E-state index contributed by atoms with van der Waals surface area (Å²) < 4.78 is 16.8. The first-order chi connectivity index (χ1) is 28.1. The second-order valence-corrected chi connectivity index (χ2v) is 19.0. The van der Waals surface area contributed by atoms with Crippen LogP contribution in [0.5, 0.6) is 0 Å². The van der Waals surface area contributed by atoms with Crippen molar-refractivity contribution in [3.63, 3.8) is 0 Å². The number of hydrogen-bond donors (Lipinski definition) is 0.